The molecule has 2 heteroatoms. The molecule has 2 aliphatic rings. The van der Waals surface area contributed by atoms with E-state index in [-0.39, 0.29) is 5.41 Å². The summed E-state index contributed by atoms with van der Waals surface area (Å²) in [7, 11) is 1.69. The van der Waals surface area contributed by atoms with Gasteiger partial charge in [0.15, 0.2) is 0 Å². The van der Waals surface area contributed by atoms with Crippen LogP contribution in [0.4, 0.5) is 0 Å². The molecule has 0 unspecified atom stereocenters. The highest BCUT2D eigenvalue weighted by Gasteiger charge is 2.55. The van der Waals surface area contributed by atoms with Crippen molar-refractivity contribution in [1.82, 2.24) is 0 Å². The van der Waals surface area contributed by atoms with E-state index in [0.29, 0.717) is 5.41 Å². The summed E-state index contributed by atoms with van der Waals surface area (Å²) in [5.41, 5.74) is 1.34. The Balaban J connectivity index is 1.83. The van der Waals surface area contributed by atoms with Crippen LogP contribution in [0.2, 0.25) is 0 Å². The number of hydrogen-bond donors (Lipinski definition) is 0. The van der Waals surface area contributed by atoms with Crippen molar-refractivity contribution in [3.05, 3.63) is 29.8 Å². The van der Waals surface area contributed by atoms with E-state index in [4.69, 9.17) is 4.74 Å². The first-order valence-corrected chi connectivity index (χ1v) is 7.78. The standard InChI is InChI=1S/C18H23NO/c1-20-16-8-6-7-15(11-16)18(14-19)12-17(13-18)9-4-2-3-5-10-17/h6-8,11H,2-5,9-10,12-13H2,1H3. The van der Waals surface area contributed by atoms with Crippen LogP contribution in [0.15, 0.2) is 24.3 Å². The fraction of sp³-hybridized carbons (Fsp3) is 0.611. The number of ether oxygens (including phenoxy) is 1. The third-order valence-electron chi connectivity index (χ3n) is 5.35. The Morgan fingerprint density at radius 3 is 2.40 bits per heavy atom. The van der Waals surface area contributed by atoms with Gasteiger partial charge in [-0.1, -0.05) is 37.8 Å². The average Bonchev–Trinajstić information content (AvgIpc) is 2.71. The zero-order valence-electron chi connectivity index (χ0n) is 12.3. The van der Waals surface area contributed by atoms with Gasteiger partial charge in [-0.3, -0.25) is 0 Å². The summed E-state index contributed by atoms with van der Waals surface area (Å²) in [5, 5.41) is 9.75. The van der Waals surface area contributed by atoms with Gasteiger partial charge in [-0.15, -0.1) is 0 Å². The maximum Gasteiger partial charge on any atom is 0.119 e. The van der Waals surface area contributed by atoms with E-state index in [1.165, 1.54) is 38.5 Å². The molecule has 0 aliphatic heterocycles. The summed E-state index contributed by atoms with van der Waals surface area (Å²) in [4.78, 5) is 0. The highest BCUT2D eigenvalue weighted by atomic mass is 16.5. The van der Waals surface area contributed by atoms with Crippen molar-refractivity contribution in [3.63, 3.8) is 0 Å². The van der Waals surface area contributed by atoms with Crippen LogP contribution in [0.3, 0.4) is 0 Å². The molecule has 0 N–H and O–H groups in total. The van der Waals surface area contributed by atoms with E-state index >= 15 is 0 Å². The molecule has 0 atom stereocenters. The summed E-state index contributed by atoms with van der Waals surface area (Å²) < 4.78 is 5.31. The lowest BCUT2D eigenvalue weighted by molar-refractivity contribution is 0.0397. The maximum atomic E-state index is 9.75. The third kappa shape index (κ3) is 2.20. The summed E-state index contributed by atoms with van der Waals surface area (Å²) in [6.07, 6.45) is 10.2. The molecule has 0 bridgehead atoms. The van der Waals surface area contributed by atoms with Gasteiger partial charge in [0.05, 0.1) is 18.6 Å². The summed E-state index contributed by atoms with van der Waals surface area (Å²) in [6, 6.07) is 10.7. The maximum absolute atomic E-state index is 9.75. The van der Waals surface area contributed by atoms with Crippen LogP contribution in [0, 0.1) is 16.7 Å². The summed E-state index contributed by atoms with van der Waals surface area (Å²) >= 11 is 0. The Hall–Kier alpha value is -1.49. The number of benzene rings is 1. The van der Waals surface area contributed by atoms with E-state index in [9.17, 15) is 5.26 Å². The van der Waals surface area contributed by atoms with Gasteiger partial charge in [-0.2, -0.15) is 5.26 Å². The van der Waals surface area contributed by atoms with Gasteiger partial charge < -0.3 is 4.74 Å². The predicted molar refractivity (Wildman–Crippen MR) is 79.7 cm³/mol. The van der Waals surface area contributed by atoms with Crippen molar-refractivity contribution >= 4 is 0 Å². The lowest BCUT2D eigenvalue weighted by Crippen LogP contribution is -2.48. The molecule has 0 saturated heterocycles. The normalized spacial score (nSPS) is 23.4. The monoisotopic (exact) mass is 269 g/mol. The second-order valence-electron chi connectivity index (χ2n) is 6.69. The lowest BCUT2D eigenvalue weighted by atomic mass is 9.49. The Bertz CT molecular complexity index is 512. The Morgan fingerprint density at radius 2 is 1.80 bits per heavy atom. The number of methoxy groups -OCH3 is 1. The van der Waals surface area contributed by atoms with Crippen LogP contribution < -0.4 is 4.74 Å². The molecule has 2 aliphatic carbocycles. The Kier molecular flexibility index (Phi) is 3.46. The van der Waals surface area contributed by atoms with Gasteiger partial charge in [0.2, 0.25) is 0 Å². The minimum absolute atomic E-state index is 0.265. The van der Waals surface area contributed by atoms with E-state index in [1.807, 2.05) is 18.2 Å². The Morgan fingerprint density at radius 1 is 1.10 bits per heavy atom. The van der Waals surface area contributed by atoms with Crippen molar-refractivity contribution in [1.29, 1.82) is 5.26 Å². The fourth-order valence-corrected chi connectivity index (χ4v) is 4.33. The largest absolute Gasteiger partial charge is 0.497 e. The topological polar surface area (TPSA) is 33.0 Å². The van der Waals surface area contributed by atoms with Gasteiger partial charge in [0, 0.05) is 0 Å². The molecule has 0 heterocycles. The molecule has 1 aromatic carbocycles. The molecular weight excluding hydrogens is 246 g/mol. The smallest absolute Gasteiger partial charge is 0.119 e. The van der Waals surface area contributed by atoms with E-state index < -0.39 is 0 Å². The first-order valence-electron chi connectivity index (χ1n) is 7.78. The van der Waals surface area contributed by atoms with Gasteiger partial charge in [-0.25, -0.2) is 0 Å². The molecule has 1 aromatic rings. The van der Waals surface area contributed by atoms with E-state index in [1.54, 1.807) is 7.11 Å². The van der Waals surface area contributed by atoms with Crippen LogP contribution >= 0.6 is 0 Å². The number of hydrogen-bond acceptors (Lipinski definition) is 2. The minimum atomic E-state index is -0.265. The second-order valence-corrected chi connectivity index (χ2v) is 6.69. The molecule has 20 heavy (non-hydrogen) atoms. The Labute approximate surface area is 121 Å². The summed E-state index contributed by atoms with van der Waals surface area (Å²) in [6.45, 7) is 0. The molecular formula is C18H23NO. The first-order chi connectivity index (χ1) is 9.72. The second kappa shape index (κ2) is 5.13. The van der Waals surface area contributed by atoms with Crippen molar-refractivity contribution < 1.29 is 4.74 Å². The fourth-order valence-electron chi connectivity index (χ4n) is 4.33. The number of rotatable bonds is 2. The van der Waals surface area contributed by atoms with Crippen LogP contribution in [0.5, 0.6) is 5.75 Å². The lowest BCUT2D eigenvalue weighted by Gasteiger charge is -2.53. The van der Waals surface area contributed by atoms with Crippen molar-refractivity contribution in [2.45, 2.75) is 56.8 Å². The molecule has 2 saturated carbocycles. The van der Waals surface area contributed by atoms with Gasteiger partial charge >= 0.3 is 0 Å². The van der Waals surface area contributed by atoms with Gasteiger partial charge in [-0.05, 0) is 48.8 Å². The number of nitrogens with zero attached hydrogens (tertiary/aromatic N) is 1. The molecule has 106 valence electrons. The van der Waals surface area contributed by atoms with Crippen LogP contribution in [0.1, 0.15) is 56.9 Å². The molecule has 0 amide bonds. The van der Waals surface area contributed by atoms with Crippen molar-refractivity contribution in [2.75, 3.05) is 7.11 Å². The molecule has 2 nitrogen and oxygen atoms in total. The first kappa shape index (κ1) is 13.5. The molecule has 0 aromatic heterocycles. The average molecular weight is 269 g/mol. The van der Waals surface area contributed by atoms with E-state index in [2.05, 4.69) is 12.1 Å². The van der Waals surface area contributed by atoms with Crippen LogP contribution in [-0.4, -0.2) is 7.11 Å². The van der Waals surface area contributed by atoms with Crippen molar-refractivity contribution in [2.24, 2.45) is 5.41 Å². The SMILES string of the molecule is COc1cccc(C2(C#N)CC3(CCCCCC3)C2)c1. The molecule has 0 radical (unpaired) electrons. The van der Waals surface area contributed by atoms with Gasteiger partial charge in [0.1, 0.15) is 5.75 Å². The van der Waals surface area contributed by atoms with Crippen LogP contribution in [0.25, 0.3) is 0 Å². The van der Waals surface area contributed by atoms with E-state index in [0.717, 1.165) is 24.2 Å². The minimum Gasteiger partial charge on any atom is -0.497 e. The quantitative estimate of drug-likeness (QED) is 0.786. The molecule has 1 spiro atoms. The molecule has 2 fully saturated rings. The molecule has 3 rings (SSSR count). The number of nitriles is 1. The predicted octanol–water partition coefficient (Wildman–Crippen LogP) is 4.59. The highest BCUT2D eigenvalue weighted by molar-refractivity contribution is 5.41. The summed E-state index contributed by atoms with van der Waals surface area (Å²) in [5.74, 6) is 0.860. The van der Waals surface area contributed by atoms with Crippen molar-refractivity contribution in [3.8, 4) is 11.8 Å². The third-order valence-corrected chi connectivity index (χ3v) is 5.35. The zero-order chi connectivity index (χ0) is 14.1. The zero-order valence-corrected chi connectivity index (χ0v) is 12.3. The van der Waals surface area contributed by atoms with Gasteiger partial charge in [0.25, 0.3) is 0 Å². The van der Waals surface area contributed by atoms with Crippen LogP contribution in [-0.2, 0) is 5.41 Å². The highest BCUT2D eigenvalue weighted by Crippen LogP contribution is 2.61.